The Hall–Kier alpha value is -1.40. The van der Waals surface area contributed by atoms with E-state index in [2.05, 4.69) is 18.6 Å². The van der Waals surface area contributed by atoms with E-state index in [9.17, 15) is 13.2 Å². The molecule has 110 valence electrons. The van der Waals surface area contributed by atoms with E-state index in [1.165, 1.54) is 12.1 Å². The van der Waals surface area contributed by atoms with Crippen molar-refractivity contribution in [2.75, 3.05) is 6.54 Å². The van der Waals surface area contributed by atoms with E-state index in [1.807, 2.05) is 0 Å². The zero-order valence-corrected chi connectivity index (χ0v) is 12.4. The lowest BCUT2D eigenvalue weighted by atomic mass is 10.1. The zero-order chi connectivity index (χ0) is 15.0. The summed E-state index contributed by atoms with van der Waals surface area (Å²) >= 11 is 0. The first kappa shape index (κ1) is 15.0. The van der Waals surface area contributed by atoms with Gasteiger partial charge in [-0.25, -0.2) is 17.9 Å². The van der Waals surface area contributed by atoms with Gasteiger partial charge in [0.15, 0.2) is 0 Å². The maximum absolute atomic E-state index is 12.0. The molecule has 1 unspecified atom stereocenters. The van der Waals surface area contributed by atoms with Crippen LogP contribution in [0.5, 0.6) is 0 Å². The van der Waals surface area contributed by atoms with Gasteiger partial charge in [-0.2, -0.15) is 0 Å². The largest absolute Gasteiger partial charge is 0.478 e. The molecule has 2 N–H and O–H groups in total. The summed E-state index contributed by atoms with van der Waals surface area (Å²) in [5.41, 5.74) is 0.805. The fourth-order valence-corrected chi connectivity index (χ4v) is 3.39. The van der Waals surface area contributed by atoms with Crippen LogP contribution in [0.2, 0.25) is 0 Å². The molecule has 0 heterocycles. The van der Waals surface area contributed by atoms with Gasteiger partial charge in [0.2, 0.25) is 10.0 Å². The molecule has 6 heteroatoms. The number of aromatic carboxylic acids is 1. The van der Waals surface area contributed by atoms with Gasteiger partial charge in [0.1, 0.15) is 0 Å². The highest BCUT2D eigenvalue weighted by molar-refractivity contribution is 7.88. The topological polar surface area (TPSA) is 83.5 Å². The van der Waals surface area contributed by atoms with E-state index in [0.29, 0.717) is 18.0 Å². The van der Waals surface area contributed by atoms with Gasteiger partial charge >= 0.3 is 5.97 Å². The summed E-state index contributed by atoms with van der Waals surface area (Å²) in [4.78, 5) is 10.8. The second-order valence-electron chi connectivity index (χ2n) is 6.00. The zero-order valence-electron chi connectivity index (χ0n) is 11.6. The Labute approximate surface area is 119 Å². The predicted molar refractivity (Wildman–Crippen MR) is 75.9 cm³/mol. The normalized spacial score (nSPS) is 20.6. The monoisotopic (exact) mass is 297 g/mol. The molecule has 0 aromatic heterocycles. The molecule has 1 aromatic rings. The Morgan fingerprint density at radius 1 is 1.45 bits per heavy atom. The molecule has 2 rings (SSSR count). The van der Waals surface area contributed by atoms with E-state index in [-0.39, 0.29) is 16.7 Å². The second-order valence-corrected chi connectivity index (χ2v) is 7.81. The van der Waals surface area contributed by atoms with Crippen LogP contribution in [0.25, 0.3) is 0 Å². The highest BCUT2D eigenvalue weighted by atomic mass is 32.2. The van der Waals surface area contributed by atoms with Crippen LogP contribution in [0, 0.1) is 11.3 Å². The summed E-state index contributed by atoms with van der Waals surface area (Å²) in [7, 11) is -3.43. The van der Waals surface area contributed by atoms with Gasteiger partial charge in [0.25, 0.3) is 0 Å². The van der Waals surface area contributed by atoms with E-state index >= 15 is 0 Å². The summed E-state index contributed by atoms with van der Waals surface area (Å²) in [6.45, 7) is 4.68. The smallest absolute Gasteiger partial charge is 0.335 e. The number of rotatable bonds is 6. The lowest BCUT2D eigenvalue weighted by Gasteiger charge is -2.08. The van der Waals surface area contributed by atoms with Crippen LogP contribution < -0.4 is 4.72 Å². The molecule has 0 spiro atoms. The molecule has 0 aliphatic heterocycles. The van der Waals surface area contributed by atoms with Crippen molar-refractivity contribution in [3.8, 4) is 0 Å². The number of benzene rings is 1. The van der Waals surface area contributed by atoms with Crippen LogP contribution in [0.3, 0.4) is 0 Å². The van der Waals surface area contributed by atoms with Crippen LogP contribution in [0.4, 0.5) is 0 Å². The average molecular weight is 297 g/mol. The maximum Gasteiger partial charge on any atom is 0.335 e. The van der Waals surface area contributed by atoms with Crippen molar-refractivity contribution in [2.24, 2.45) is 11.3 Å². The van der Waals surface area contributed by atoms with E-state index in [1.54, 1.807) is 12.1 Å². The molecule has 5 nitrogen and oxygen atoms in total. The Bertz CT molecular complexity index is 622. The van der Waals surface area contributed by atoms with Crippen molar-refractivity contribution in [3.63, 3.8) is 0 Å². The summed E-state index contributed by atoms with van der Waals surface area (Å²) in [5, 5.41) is 8.88. The Morgan fingerprint density at radius 2 is 2.10 bits per heavy atom. The molecule has 0 bridgehead atoms. The summed E-state index contributed by atoms with van der Waals surface area (Å²) in [6, 6.07) is 6.01. The molecule has 0 amide bonds. The lowest BCUT2D eigenvalue weighted by molar-refractivity contribution is 0.0696. The Balaban J connectivity index is 1.97. The number of carboxylic acids is 1. The van der Waals surface area contributed by atoms with Crippen molar-refractivity contribution < 1.29 is 18.3 Å². The summed E-state index contributed by atoms with van der Waals surface area (Å²) in [6.07, 6.45) is 1.03. The number of hydrogen-bond acceptors (Lipinski definition) is 3. The molecular formula is C14H19NO4S. The van der Waals surface area contributed by atoms with Crippen molar-refractivity contribution in [2.45, 2.75) is 26.0 Å². The molecule has 1 aromatic carbocycles. The van der Waals surface area contributed by atoms with Crippen LogP contribution >= 0.6 is 0 Å². The number of carboxylic acid groups (broad SMARTS) is 1. The van der Waals surface area contributed by atoms with Gasteiger partial charge in [0, 0.05) is 6.54 Å². The Kier molecular flexibility index (Phi) is 3.88. The van der Waals surface area contributed by atoms with Gasteiger partial charge < -0.3 is 5.11 Å². The number of hydrogen-bond donors (Lipinski definition) is 2. The first-order valence-electron chi connectivity index (χ1n) is 6.49. The summed E-state index contributed by atoms with van der Waals surface area (Å²) < 4.78 is 26.5. The molecule has 1 aliphatic carbocycles. The van der Waals surface area contributed by atoms with Crippen LogP contribution in [0.15, 0.2) is 24.3 Å². The maximum atomic E-state index is 12.0. The number of sulfonamides is 1. The molecule has 0 saturated heterocycles. The predicted octanol–water partition coefficient (Wildman–Crippen LogP) is 1.85. The van der Waals surface area contributed by atoms with Crippen molar-refractivity contribution in [1.29, 1.82) is 0 Å². The second kappa shape index (κ2) is 5.18. The molecule has 1 aliphatic rings. The quantitative estimate of drug-likeness (QED) is 0.839. The average Bonchev–Trinajstić information content (AvgIpc) is 2.94. The molecule has 0 radical (unpaired) electrons. The third-order valence-electron chi connectivity index (χ3n) is 3.80. The number of carbonyl (C=O) groups is 1. The molecule has 1 atom stereocenters. The Morgan fingerprint density at radius 3 is 2.65 bits per heavy atom. The van der Waals surface area contributed by atoms with E-state index in [4.69, 9.17) is 5.11 Å². The number of nitrogens with one attached hydrogen (secondary N) is 1. The standard InChI is InChI=1S/C14H19NO4S/c1-14(2)7-12(14)8-15-20(18,19)9-10-4-3-5-11(6-10)13(16)17/h3-6,12,15H,7-9H2,1-2H3,(H,16,17). The van der Waals surface area contributed by atoms with Crippen LogP contribution in [-0.2, 0) is 15.8 Å². The lowest BCUT2D eigenvalue weighted by Crippen LogP contribution is -2.28. The minimum atomic E-state index is -3.43. The van der Waals surface area contributed by atoms with Gasteiger partial charge in [-0.1, -0.05) is 26.0 Å². The molecule has 1 fully saturated rings. The van der Waals surface area contributed by atoms with Crippen molar-refractivity contribution in [3.05, 3.63) is 35.4 Å². The molecular weight excluding hydrogens is 278 g/mol. The molecule has 20 heavy (non-hydrogen) atoms. The van der Waals surface area contributed by atoms with E-state index < -0.39 is 16.0 Å². The first-order valence-corrected chi connectivity index (χ1v) is 8.14. The van der Waals surface area contributed by atoms with Crippen molar-refractivity contribution in [1.82, 2.24) is 4.72 Å². The van der Waals surface area contributed by atoms with Crippen LogP contribution in [0.1, 0.15) is 36.2 Å². The third-order valence-corrected chi connectivity index (χ3v) is 5.12. The molecule has 1 saturated carbocycles. The fourth-order valence-electron chi connectivity index (χ4n) is 2.22. The van der Waals surface area contributed by atoms with Crippen molar-refractivity contribution >= 4 is 16.0 Å². The van der Waals surface area contributed by atoms with Gasteiger partial charge in [-0.3, -0.25) is 0 Å². The van der Waals surface area contributed by atoms with Gasteiger partial charge in [-0.05, 0) is 35.4 Å². The highest BCUT2D eigenvalue weighted by Crippen LogP contribution is 2.51. The highest BCUT2D eigenvalue weighted by Gasteiger charge is 2.45. The van der Waals surface area contributed by atoms with E-state index in [0.717, 1.165) is 6.42 Å². The SMILES string of the molecule is CC1(C)CC1CNS(=O)(=O)Cc1cccc(C(=O)O)c1. The first-order chi connectivity index (χ1) is 9.20. The fraction of sp³-hybridized carbons (Fsp3) is 0.500. The van der Waals surface area contributed by atoms with Crippen LogP contribution in [-0.4, -0.2) is 26.0 Å². The minimum absolute atomic E-state index is 0.0982. The third kappa shape index (κ3) is 3.80. The summed E-state index contributed by atoms with van der Waals surface area (Å²) in [5.74, 6) is -0.860. The van der Waals surface area contributed by atoms with Gasteiger partial charge in [-0.15, -0.1) is 0 Å². The van der Waals surface area contributed by atoms with Gasteiger partial charge in [0.05, 0.1) is 11.3 Å². The minimum Gasteiger partial charge on any atom is -0.478 e.